The highest BCUT2D eigenvalue weighted by atomic mass is 35.5. The van der Waals surface area contributed by atoms with E-state index in [1.165, 1.54) is 23.0 Å². The SMILES string of the molecule is Cc1ccc(NC(=O)CSc2nc3cc(Cl)ccc3c(=O)n2Cc2ccco2)c([N+](=O)[O-])c1. The summed E-state index contributed by atoms with van der Waals surface area (Å²) in [5.41, 5.74) is 0.712. The summed E-state index contributed by atoms with van der Waals surface area (Å²) in [5, 5.41) is 15.0. The van der Waals surface area contributed by atoms with Crippen molar-refractivity contribution in [2.24, 2.45) is 0 Å². The number of nitrogens with one attached hydrogen (secondary N) is 1. The van der Waals surface area contributed by atoms with Crippen molar-refractivity contribution in [1.29, 1.82) is 0 Å². The lowest BCUT2D eigenvalue weighted by Crippen LogP contribution is -2.24. The summed E-state index contributed by atoms with van der Waals surface area (Å²) < 4.78 is 6.79. The number of carbonyl (C=O) groups excluding carboxylic acids is 1. The molecule has 2 aromatic carbocycles. The Balaban J connectivity index is 1.62. The van der Waals surface area contributed by atoms with E-state index >= 15 is 0 Å². The van der Waals surface area contributed by atoms with Crippen molar-refractivity contribution in [2.75, 3.05) is 11.1 Å². The van der Waals surface area contributed by atoms with Gasteiger partial charge in [-0.3, -0.25) is 24.3 Å². The smallest absolute Gasteiger partial charge is 0.293 e. The quantitative estimate of drug-likeness (QED) is 0.175. The van der Waals surface area contributed by atoms with E-state index in [0.717, 1.165) is 11.8 Å². The molecule has 1 N–H and O–H groups in total. The number of nitrogens with zero attached hydrogens (tertiary/aromatic N) is 3. The second kappa shape index (κ2) is 9.47. The number of halogens is 1. The molecular formula is C22H17ClN4O5S. The van der Waals surface area contributed by atoms with E-state index in [4.69, 9.17) is 16.0 Å². The number of furan rings is 1. The molecule has 0 aliphatic rings. The Bertz CT molecular complexity index is 1420. The van der Waals surface area contributed by atoms with E-state index in [0.29, 0.717) is 32.4 Å². The van der Waals surface area contributed by atoms with Crippen LogP contribution in [0.15, 0.2) is 69.2 Å². The largest absolute Gasteiger partial charge is 0.467 e. The maximum Gasteiger partial charge on any atom is 0.293 e. The average molecular weight is 485 g/mol. The van der Waals surface area contributed by atoms with Crippen LogP contribution >= 0.6 is 23.4 Å². The molecule has 0 aliphatic heterocycles. The summed E-state index contributed by atoms with van der Waals surface area (Å²) in [6.45, 7) is 1.86. The lowest BCUT2D eigenvalue weighted by molar-refractivity contribution is -0.384. The van der Waals surface area contributed by atoms with E-state index in [1.54, 1.807) is 43.3 Å². The number of nitro benzene ring substituents is 1. The Kier molecular flexibility index (Phi) is 6.47. The number of benzene rings is 2. The predicted molar refractivity (Wildman–Crippen MR) is 126 cm³/mol. The van der Waals surface area contributed by atoms with Gasteiger partial charge in [-0.05, 0) is 48.9 Å². The minimum Gasteiger partial charge on any atom is -0.467 e. The molecule has 0 radical (unpaired) electrons. The molecule has 0 fully saturated rings. The Morgan fingerprint density at radius 3 is 2.82 bits per heavy atom. The molecule has 33 heavy (non-hydrogen) atoms. The maximum absolute atomic E-state index is 13.1. The van der Waals surface area contributed by atoms with Crippen LogP contribution < -0.4 is 10.9 Å². The lowest BCUT2D eigenvalue weighted by atomic mass is 10.2. The topological polar surface area (TPSA) is 120 Å². The van der Waals surface area contributed by atoms with Gasteiger partial charge in [0, 0.05) is 11.1 Å². The van der Waals surface area contributed by atoms with Gasteiger partial charge in [-0.1, -0.05) is 29.4 Å². The second-order valence-electron chi connectivity index (χ2n) is 7.14. The highest BCUT2D eigenvalue weighted by Crippen LogP contribution is 2.26. The summed E-state index contributed by atoms with van der Waals surface area (Å²) in [4.78, 5) is 41.0. The van der Waals surface area contributed by atoms with Crippen LogP contribution in [-0.2, 0) is 11.3 Å². The van der Waals surface area contributed by atoms with Crippen molar-refractivity contribution in [1.82, 2.24) is 9.55 Å². The second-order valence-corrected chi connectivity index (χ2v) is 8.52. The molecule has 0 unspecified atom stereocenters. The number of rotatable bonds is 7. The summed E-state index contributed by atoms with van der Waals surface area (Å²) in [5.74, 6) is -0.0486. The van der Waals surface area contributed by atoms with Crippen LogP contribution in [-0.4, -0.2) is 26.1 Å². The molecule has 2 aromatic heterocycles. The first kappa shape index (κ1) is 22.6. The zero-order valence-electron chi connectivity index (χ0n) is 17.3. The molecule has 168 valence electrons. The minimum absolute atomic E-state index is 0.0995. The molecule has 0 aliphatic carbocycles. The number of nitro groups is 1. The summed E-state index contributed by atoms with van der Waals surface area (Å²) in [7, 11) is 0. The zero-order chi connectivity index (χ0) is 23.5. The van der Waals surface area contributed by atoms with E-state index in [-0.39, 0.29) is 29.2 Å². The first-order valence-electron chi connectivity index (χ1n) is 9.72. The number of aryl methyl sites for hydroxylation is 1. The minimum atomic E-state index is -0.550. The van der Waals surface area contributed by atoms with Crippen LogP contribution in [0.2, 0.25) is 5.02 Å². The molecule has 11 heteroatoms. The Hall–Kier alpha value is -3.63. The van der Waals surface area contributed by atoms with Crippen LogP contribution in [0.5, 0.6) is 0 Å². The highest BCUT2D eigenvalue weighted by Gasteiger charge is 2.18. The molecule has 4 aromatic rings. The standard InChI is InChI=1S/C22H17ClN4O5S/c1-13-4-7-17(19(9-13)27(30)31)24-20(28)12-33-22-25-18-10-14(23)5-6-16(18)21(29)26(22)11-15-3-2-8-32-15/h2-10H,11-12H2,1H3,(H,24,28). The number of anilines is 1. The molecular weight excluding hydrogens is 468 g/mol. The number of thioether (sulfide) groups is 1. The molecule has 0 spiro atoms. The van der Waals surface area contributed by atoms with E-state index in [2.05, 4.69) is 10.3 Å². The summed E-state index contributed by atoms with van der Waals surface area (Å²) in [6, 6.07) is 12.8. The van der Waals surface area contributed by atoms with Gasteiger partial charge in [-0.25, -0.2) is 4.98 Å². The molecule has 0 bridgehead atoms. The summed E-state index contributed by atoms with van der Waals surface area (Å²) in [6.07, 6.45) is 1.50. The highest BCUT2D eigenvalue weighted by molar-refractivity contribution is 7.99. The first-order valence-corrected chi connectivity index (χ1v) is 11.1. The zero-order valence-corrected chi connectivity index (χ0v) is 18.9. The number of hydrogen-bond acceptors (Lipinski definition) is 7. The molecule has 9 nitrogen and oxygen atoms in total. The fourth-order valence-corrected chi connectivity index (χ4v) is 4.16. The van der Waals surface area contributed by atoms with Gasteiger partial charge in [0.1, 0.15) is 11.4 Å². The van der Waals surface area contributed by atoms with Gasteiger partial charge in [0.25, 0.3) is 11.2 Å². The van der Waals surface area contributed by atoms with Crippen LogP contribution in [0, 0.1) is 17.0 Å². The third kappa shape index (κ3) is 5.07. The predicted octanol–water partition coefficient (Wildman–Crippen LogP) is 4.64. The van der Waals surface area contributed by atoms with Gasteiger partial charge in [0.05, 0.1) is 34.4 Å². The Morgan fingerprint density at radius 1 is 1.27 bits per heavy atom. The van der Waals surface area contributed by atoms with Crippen molar-refractivity contribution < 1.29 is 14.1 Å². The maximum atomic E-state index is 13.1. The van der Waals surface area contributed by atoms with E-state index < -0.39 is 10.8 Å². The lowest BCUT2D eigenvalue weighted by Gasteiger charge is -2.12. The van der Waals surface area contributed by atoms with Crippen molar-refractivity contribution in [3.63, 3.8) is 0 Å². The van der Waals surface area contributed by atoms with Gasteiger partial charge in [0.15, 0.2) is 5.16 Å². The normalized spacial score (nSPS) is 11.0. The number of carbonyl (C=O) groups is 1. The van der Waals surface area contributed by atoms with Gasteiger partial charge in [-0.2, -0.15) is 0 Å². The fraction of sp³-hybridized carbons (Fsp3) is 0.136. The molecule has 0 saturated carbocycles. The van der Waals surface area contributed by atoms with E-state index in [1.807, 2.05) is 0 Å². The van der Waals surface area contributed by atoms with Crippen molar-refractivity contribution in [2.45, 2.75) is 18.6 Å². The van der Waals surface area contributed by atoms with E-state index in [9.17, 15) is 19.7 Å². The Morgan fingerprint density at radius 2 is 2.09 bits per heavy atom. The van der Waals surface area contributed by atoms with Gasteiger partial charge >= 0.3 is 0 Å². The molecule has 1 amide bonds. The van der Waals surface area contributed by atoms with Crippen molar-refractivity contribution in [3.05, 3.63) is 91.6 Å². The van der Waals surface area contributed by atoms with Crippen LogP contribution in [0.25, 0.3) is 10.9 Å². The van der Waals surface area contributed by atoms with Crippen LogP contribution in [0.3, 0.4) is 0 Å². The molecule has 2 heterocycles. The van der Waals surface area contributed by atoms with Crippen molar-refractivity contribution >= 4 is 51.5 Å². The third-order valence-electron chi connectivity index (χ3n) is 4.73. The van der Waals surface area contributed by atoms with Gasteiger partial charge in [-0.15, -0.1) is 0 Å². The number of fused-ring (bicyclic) bond motifs is 1. The first-order chi connectivity index (χ1) is 15.8. The van der Waals surface area contributed by atoms with Crippen LogP contribution in [0.4, 0.5) is 11.4 Å². The summed E-state index contributed by atoms with van der Waals surface area (Å²) >= 11 is 7.09. The average Bonchev–Trinajstić information content (AvgIpc) is 3.28. The van der Waals surface area contributed by atoms with Gasteiger partial charge < -0.3 is 9.73 Å². The van der Waals surface area contributed by atoms with Crippen LogP contribution in [0.1, 0.15) is 11.3 Å². The number of aromatic nitrogens is 2. The fourth-order valence-electron chi connectivity index (χ4n) is 3.20. The monoisotopic (exact) mass is 484 g/mol. The van der Waals surface area contributed by atoms with Gasteiger partial charge in [0.2, 0.25) is 5.91 Å². The molecule has 4 rings (SSSR count). The molecule has 0 atom stereocenters. The Labute approximate surface area is 196 Å². The third-order valence-corrected chi connectivity index (χ3v) is 5.94. The number of amides is 1. The molecule has 0 saturated heterocycles. The van der Waals surface area contributed by atoms with Crippen molar-refractivity contribution in [3.8, 4) is 0 Å². The number of hydrogen-bond donors (Lipinski definition) is 1.